The van der Waals surface area contributed by atoms with E-state index in [1.165, 1.54) is 0 Å². The Morgan fingerprint density at radius 2 is 2.67 bits per heavy atom. The molecule has 1 atom stereocenters. The van der Waals surface area contributed by atoms with E-state index in [0.717, 1.165) is 18.5 Å². The van der Waals surface area contributed by atoms with E-state index < -0.39 is 0 Å². The van der Waals surface area contributed by atoms with Crippen LogP contribution >= 0.6 is 0 Å². The number of nitrogens with zero attached hydrogens (tertiary/aromatic N) is 1. The van der Waals surface area contributed by atoms with E-state index in [2.05, 4.69) is 11.9 Å². The van der Waals surface area contributed by atoms with Crippen molar-refractivity contribution in [1.29, 1.82) is 0 Å². The van der Waals surface area contributed by atoms with Gasteiger partial charge in [0.2, 0.25) is 0 Å². The van der Waals surface area contributed by atoms with Crippen molar-refractivity contribution in [2.45, 2.75) is 19.8 Å². The number of rotatable bonds is 1. The minimum Gasteiger partial charge on any atom is -0.401 e. The second-order valence-electron chi connectivity index (χ2n) is 2.37. The van der Waals surface area contributed by atoms with Gasteiger partial charge in [-0.1, -0.05) is 6.92 Å². The van der Waals surface area contributed by atoms with Gasteiger partial charge >= 0.3 is 0 Å². The molecular weight excluding hydrogens is 112 g/mol. The van der Waals surface area contributed by atoms with Gasteiger partial charge in [0.05, 0.1) is 0 Å². The predicted octanol–water partition coefficient (Wildman–Crippen LogP) is 1.29. The first-order valence-corrected chi connectivity index (χ1v) is 3.30. The molecule has 50 valence electrons. The first-order chi connectivity index (χ1) is 4.33. The first-order valence-electron chi connectivity index (χ1n) is 3.30. The van der Waals surface area contributed by atoms with Gasteiger partial charge < -0.3 is 5.73 Å². The molecule has 2 heteroatoms. The molecule has 0 aromatic rings. The second kappa shape index (κ2) is 2.67. The lowest BCUT2D eigenvalue weighted by molar-refractivity contribution is 0.656. The fourth-order valence-electron chi connectivity index (χ4n) is 0.918. The lowest BCUT2D eigenvalue weighted by Crippen LogP contribution is -2.10. The van der Waals surface area contributed by atoms with Crippen LogP contribution < -0.4 is 5.73 Å². The van der Waals surface area contributed by atoms with E-state index in [4.69, 9.17) is 5.73 Å². The molecule has 0 saturated heterocycles. The van der Waals surface area contributed by atoms with Crippen LogP contribution in [0, 0.1) is 5.92 Å². The Morgan fingerprint density at radius 3 is 3.11 bits per heavy atom. The molecule has 1 heterocycles. The van der Waals surface area contributed by atoms with Crippen LogP contribution in [0.15, 0.2) is 16.9 Å². The average Bonchev–Trinajstić information content (AvgIpc) is 1.88. The molecule has 0 saturated carbocycles. The van der Waals surface area contributed by atoms with Crippen LogP contribution in [0.3, 0.4) is 0 Å². The molecule has 2 nitrogen and oxygen atoms in total. The summed E-state index contributed by atoms with van der Waals surface area (Å²) in [6.07, 6.45) is 5.82. The largest absolute Gasteiger partial charge is 0.401 e. The Bertz CT molecular complexity index is 147. The minimum atomic E-state index is 0.579. The molecule has 1 unspecified atom stereocenters. The molecule has 0 aromatic heterocycles. The fraction of sp³-hybridized carbons (Fsp3) is 0.571. The third-order valence-electron chi connectivity index (χ3n) is 1.56. The van der Waals surface area contributed by atoms with E-state index >= 15 is 0 Å². The van der Waals surface area contributed by atoms with E-state index in [1.807, 2.05) is 6.21 Å². The number of hydrogen-bond acceptors (Lipinski definition) is 2. The number of aliphatic imine (C=N–C) groups is 1. The third-order valence-corrected chi connectivity index (χ3v) is 1.56. The maximum absolute atomic E-state index is 5.55. The molecule has 2 N–H and O–H groups in total. The van der Waals surface area contributed by atoms with Gasteiger partial charge in [-0.2, -0.15) is 0 Å². The highest BCUT2D eigenvalue weighted by molar-refractivity contribution is 5.63. The molecule has 0 aliphatic carbocycles. The normalized spacial score (nSPS) is 25.9. The van der Waals surface area contributed by atoms with Crippen LogP contribution in [0.4, 0.5) is 0 Å². The maximum atomic E-state index is 5.55. The lowest BCUT2D eigenvalue weighted by Gasteiger charge is -2.11. The van der Waals surface area contributed by atoms with Crippen LogP contribution in [0.1, 0.15) is 19.8 Å². The SMILES string of the molecule is CCC1C=NC=C(N)C1. The highest BCUT2D eigenvalue weighted by atomic mass is 14.7. The Balaban J connectivity index is 2.51. The summed E-state index contributed by atoms with van der Waals surface area (Å²) in [5.74, 6) is 0.579. The van der Waals surface area contributed by atoms with E-state index in [1.54, 1.807) is 6.20 Å². The summed E-state index contributed by atoms with van der Waals surface area (Å²) in [6.45, 7) is 2.15. The van der Waals surface area contributed by atoms with Crippen LogP contribution in [-0.2, 0) is 0 Å². The molecular formula is C7H12N2. The third kappa shape index (κ3) is 1.56. The second-order valence-corrected chi connectivity index (χ2v) is 2.37. The van der Waals surface area contributed by atoms with Gasteiger partial charge in [0.1, 0.15) is 0 Å². The van der Waals surface area contributed by atoms with Crippen molar-refractivity contribution in [3.63, 3.8) is 0 Å². The molecule has 0 spiro atoms. The monoisotopic (exact) mass is 124 g/mol. The van der Waals surface area contributed by atoms with Crippen LogP contribution in [-0.4, -0.2) is 6.21 Å². The van der Waals surface area contributed by atoms with Crippen LogP contribution in [0.5, 0.6) is 0 Å². The van der Waals surface area contributed by atoms with Gasteiger partial charge in [0.15, 0.2) is 0 Å². The maximum Gasteiger partial charge on any atom is 0.0451 e. The zero-order valence-corrected chi connectivity index (χ0v) is 5.67. The highest BCUT2D eigenvalue weighted by Crippen LogP contribution is 2.13. The zero-order valence-electron chi connectivity index (χ0n) is 5.67. The molecule has 1 aliphatic rings. The van der Waals surface area contributed by atoms with Crippen molar-refractivity contribution < 1.29 is 0 Å². The van der Waals surface area contributed by atoms with Crippen LogP contribution in [0.2, 0.25) is 0 Å². The van der Waals surface area contributed by atoms with Gasteiger partial charge in [-0.3, -0.25) is 4.99 Å². The molecule has 1 rings (SSSR count). The van der Waals surface area contributed by atoms with E-state index in [-0.39, 0.29) is 0 Å². The van der Waals surface area contributed by atoms with E-state index in [9.17, 15) is 0 Å². The minimum absolute atomic E-state index is 0.579. The molecule has 0 amide bonds. The van der Waals surface area contributed by atoms with Crippen molar-refractivity contribution in [3.8, 4) is 0 Å². The smallest absolute Gasteiger partial charge is 0.0451 e. The summed E-state index contributed by atoms with van der Waals surface area (Å²) >= 11 is 0. The summed E-state index contributed by atoms with van der Waals surface area (Å²) in [7, 11) is 0. The fourth-order valence-corrected chi connectivity index (χ4v) is 0.918. The van der Waals surface area contributed by atoms with Crippen molar-refractivity contribution >= 4 is 6.21 Å². The Kier molecular flexibility index (Phi) is 1.88. The molecule has 9 heavy (non-hydrogen) atoms. The van der Waals surface area contributed by atoms with E-state index in [0.29, 0.717) is 5.92 Å². The lowest BCUT2D eigenvalue weighted by atomic mass is 10.0. The summed E-state index contributed by atoms with van der Waals surface area (Å²) in [6, 6.07) is 0. The standard InChI is InChI=1S/C7H12N2/c1-2-6-3-7(8)5-9-4-6/h4-6H,2-3,8H2,1H3. The van der Waals surface area contributed by atoms with Gasteiger partial charge in [-0.05, 0) is 18.8 Å². The Morgan fingerprint density at radius 1 is 1.89 bits per heavy atom. The summed E-state index contributed by atoms with van der Waals surface area (Å²) < 4.78 is 0. The van der Waals surface area contributed by atoms with Crippen molar-refractivity contribution in [1.82, 2.24) is 0 Å². The summed E-state index contributed by atoms with van der Waals surface area (Å²) in [4.78, 5) is 4.00. The van der Waals surface area contributed by atoms with Gasteiger partial charge in [-0.15, -0.1) is 0 Å². The first kappa shape index (κ1) is 6.33. The topological polar surface area (TPSA) is 38.4 Å². The quantitative estimate of drug-likeness (QED) is 0.562. The number of allylic oxidation sites excluding steroid dienone is 1. The Hall–Kier alpha value is -0.790. The molecule has 0 radical (unpaired) electrons. The number of hydrogen-bond donors (Lipinski definition) is 1. The number of nitrogens with two attached hydrogens (primary N) is 1. The molecule has 0 bridgehead atoms. The van der Waals surface area contributed by atoms with Crippen molar-refractivity contribution in [2.75, 3.05) is 0 Å². The predicted molar refractivity (Wildman–Crippen MR) is 39.2 cm³/mol. The summed E-state index contributed by atoms with van der Waals surface area (Å²) in [5.41, 5.74) is 6.45. The van der Waals surface area contributed by atoms with Crippen molar-refractivity contribution in [2.24, 2.45) is 16.6 Å². The zero-order chi connectivity index (χ0) is 6.69. The highest BCUT2D eigenvalue weighted by Gasteiger charge is 2.06. The molecule has 1 aliphatic heterocycles. The molecule has 0 aromatic carbocycles. The van der Waals surface area contributed by atoms with Gasteiger partial charge in [0, 0.05) is 18.1 Å². The molecule has 0 fully saturated rings. The van der Waals surface area contributed by atoms with Crippen molar-refractivity contribution in [3.05, 3.63) is 11.9 Å². The summed E-state index contributed by atoms with van der Waals surface area (Å²) in [5, 5.41) is 0. The Labute approximate surface area is 55.5 Å². The van der Waals surface area contributed by atoms with Crippen LogP contribution in [0.25, 0.3) is 0 Å². The van der Waals surface area contributed by atoms with Gasteiger partial charge in [0.25, 0.3) is 0 Å². The van der Waals surface area contributed by atoms with Gasteiger partial charge in [-0.25, -0.2) is 0 Å². The average molecular weight is 124 g/mol.